The lowest BCUT2D eigenvalue weighted by Gasteiger charge is -2.24. The number of methoxy groups -OCH3 is 1. The average molecular weight is 184 g/mol. The molecule has 1 heterocycles. The van der Waals surface area contributed by atoms with Crippen molar-refractivity contribution in [3.63, 3.8) is 0 Å². The second-order valence-corrected chi connectivity index (χ2v) is 4.18. The fourth-order valence-corrected chi connectivity index (χ4v) is 2.80. The monoisotopic (exact) mass is 184 g/mol. The molecule has 1 saturated heterocycles. The van der Waals surface area contributed by atoms with Crippen molar-refractivity contribution in [1.82, 2.24) is 5.32 Å². The number of nitrogens with two attached hydrogens (primary N) is 1. The number of hydrogen-bond donors (Lipinski definition) is 2. The molecule has 4 heteroatoms. The van der Waals surface area contributed by atoms with Gasteiger partial charge >= 0.3 is 5.97 Å². The van der Waals surface area contributed by atoms with Crippen LogP contribution in [-0.2, 0) is 9.53 Å². The van der Waals surface area contributed by atoms with E-state index in [1.54, 1.807) is 0 Å². The van der Waals surface area contributed by atoms with Crippen LogP contribution in [0.3, 0.4) is 0 Å². The second kappa shape index (κ2) is 2.96. The van der Waals surface area contributed by atoms with E-state index >= 15 is 0 Å². The highest BCUT2D eigenvalue weighted by Crippen LogP contribution is 2.45. The fraction of sp³-hybridized carbons (Fsp3) is 0.889. The van der Waals surface area contributed by atoms with Gasteiger partial charge in [-0.1, -0.05) is 0 Å². The van der Waals surface area contributed by atoms with E-state index in [1.165, 1.54) is 7.11 Å². The minimum Gasteiger partial charge on any atom is -0.469 e. The van der Waals surface area contributed by atoms with Gasteiger partial charge in [-0.2, -0.15) is 0 Å². The number of nitrogens with one attached hydrogen (secondary N) is 1. The van der Waals surface area contributed by atoms with Crippen molar-refractivity contribution in [2.45, 2.75) is 18.9 Å². The molecule has 0 aromatic rings. The van der Waals surface area contributed by atoms with Crippen LogP contribution in [0.15, 0.2) is 0 Å². The van der Waals surface area contributed by atoms with Crippen molar-refractivity contribution in [3.05, 3.63) is 0 Å². The van der Waals surface area contributed by atoms with Crippen LogP contribution in [-0.4, -0.2) is 32.2 Å². The van der Waals surface area contributed by atoms with Gasteiger partial charge in [0.1, 0.15) is 0 Å². The summed E-state index contributed by atoms with van der Waals surface area (Å²) < 4.78 is 4.85. The first-order chi connectivity index (χ1) is 6.19. The fourth-order valence-electron chi connectivity index (χ4n) is 2.80. The molecule has 2 rings (SSSR count). The van der Waals surface area contributed by atoms with E-state index in [2.05, 4.69) is 5.32 Å². The van der Waals surface area contributed by atoms with Crippen LogP contribution >= 0.6 is 0 Å². The normalized spacial score (nSPS) is 43.2. The Labute approximate surface area is 77.8 Å². The van der Waals surface area contributed by atoms with Gasteiger partial charge in [-0.3, -0.25) is 4.79 Å². The molecule has 0 radical (unpaired) electrons. The van der Waals surface area contributed by atoms with E-state index in [0.717, 1.165) is 25.9 Å². The van der Waals surface area contributed by atoms with Crippen LogP contribution in [0.25, 0.3) is 0 Å². The first-order valence-electron chi connectivity index (χ1n) is 4.74. The van der Waals surface area contributed by atoms with Crippen molar-refractivity contribution in [2.24, 2.45) is 17.1 Å². The molecule has 2 fully saturated rings. The molecule has 0 unspecified atom stereocenters. The van der Waals surface area contributed by atoms with E-state index in [-0.39, 0.29) is 17.4 Å². The molecule has 3 atom stereocenters. The maximum atomic E-state index is 11.6. The van der Waals surface area contributed by atoms with E-state index in [0.29, 0.717) is 5.92 Å². The molecule has 2 aliphatic rings. The molecule has 0 bridgehead atoms. The summed E-state index contributed by atoms with van der Waals surface area (Å²) in [5.74, 6) is 0.297. The lowest BCUT2D eigenvalue weighted by atomic mass is 9.81. The topological polar surface area (TPSA) is 64.3 Å². The van der Waals surface area contributed by atoms with Crippen LogP contribution in [0.5, 0.6) is 0 Å². The van der Waals surface area contributed by atoms with Crippen molar-refractivity contribution >= 4 is 5.97 Å². The molecule has 0 amide bonds. The summed E-state index contributed by atoms with van der Waals surface area (Å²) in [6, 6.07) is 0.172. The Balaban J connectivity index is 2.23. The average Bonchev–Trinajstić information content (AvgIpc) is 2.59. The Morgan fingerprint density at radius 3 is 3.15 bits per heavy atom. The molecule has 0 aromatic heterocycles. The van der Waals surface area contributed by atoms with Gasteiger partial charge in [0, 0.05) is 12.6 Å². The molecule has 1 aliphatic carbocycles. The highest BCUT2D eigenvalue weighted by molar-refractivity contribution is 5.78. The summed E-state index contributed by atoms with van der Waals surface area (Å²) in [5.41, 5.74) is 5.56. The summed E-state index contributed by atoms with van der Waals surface area (Å²) >= 11 is 0. The lowest BCUT2D eigenvalue weighted by molar-refractivity contribution is -0.153. The Kier molecular flexibility index (Phi) is 2.04. The summed E-state index contributed by atoms with van der Waals surface area (Å²) in [5, 5.41) is 3.24. The van der Waals surface area contributed by atoms with Crippen LogP contribution < -0.4 is 11.1 Å². The highest BCUT2D eigenvalue weighted by atomic mass is 16.5. The summed E-state index contributed by atoms with van der Waals surface area (Å²) in [6.07, 6.45) is 1.72. The summed E-state index contributed by atoms with van der Waals surface area (Å²) in [4.78, 5) is 11.6. The van der Waals surface area contributed by atoms with Crippen LogP contribution in [0.4, 0.5) is 0 Å². The highest BCUT2D eigenvalue weighted by Gasteiger charge is 2.55. The number of fused-ring (bicyclic) bond motifs is 1. The number of carbonyl (C=O) groups is 1. The van der Waals surface area contributed by atoms with Crippen molar-refractivity contribution < 1.29 is 9.53 Å². The van der Waals surface area contributed by atoms with Crippen molar-refractivity contribution in [1.29, 1.82) is 0 Å². The standard InChI is InChI=1S/C9H16N2O2/c1-13-8(12)9-3-7(10)2-6(9)4-11-5-9/h6-7,11H,2-5,10H2,1H3/t6-,7+,9-/m1/s1. The largest absolute Gasteiger partial charge is 0.469 e. The molecule has 13 heavy (non-hydrogen) atoms. The Bertz CT molecular complexity index is 232. The second-order valence-electron chi connectivity index (χ2n) is 4.18. The Hall–Kier alpha value is -0.610. The van der Waals surface area contributed by atoms with Crippen molar-refractivity contribution in [2.75, 3.05) is 20.2 Å². The number of ether oxygens (including phenoxy) is 1. The van der Waals surface area contributed by atoms with Gasteiger partial charge in [0.15, 0.2) is 0 Å². The third-order valence-electron chi connectivity index (χ3n) is 3.42. The van der Waals surface area contributed by atoms with E-state index < -0.39 is 0 Å². The molecule has 3 N–H and O–H groups in total. The zero-order valence-corrected chi connectivity index (χ0v) is 7.88. The van der Waals surface area contributed by atoms with Gasteiger partial charge in [0.2, 0.25) is 0 Å². The van der Waals surface area contributed by atoms with Crippen molar-refractivity contribution in [3.8, 4) is 0 Å². The molecule has 74 valence electrons. The van der Waals surface area contributed by atoms with Gasteiger partial charge in [0.05, 0.1) is 12.5 Å². The van der Waals surface area contributed by atoms with E-state index in [9.17, 15) is 4.79 Å². The van der Waals surface area contributed by atoms with E-state index in [1.807, 2.05) is 0 Å². The zero-order chi connectivity index (χ0) is 9.47. The summed E-state index contributed by atoms with van der Waals surface area (Å²) in [7, 11) is 1.45. The Morgan fingerprint density at radius 2 is 2.46 bits per heavy atom. The SMILES string of the molecule is COC(=O)[C@]12CNC[C@H]1C[C@H](N)C2. The molecule has 0 spiro atoms. The third kappa shape index (κ3) is 1.16. The number of carbonyl (C=O) groups excluding carboxylic acids is 1. The molecular weight excluding hydrogens is 168 g/mol. The third-order valence-corrected chi connectivity index (χ3v) is 3.42. The first kappa shape index (κ1) is 8.97. The zero-order valence-electron chi connectivity index (χ0n) is 7.88. The quantitative estimate of drug-likeness (QED) is 0.539. The predicted octanol–water partition coefficient (Wildman–Crippen LogP) is -0.514. The predicted molar refractivity (Wildman–Crippen MR) is 48.0 cm³/mol. The van der Waals surface area contributed by atoms with E-state index in [4.69, 9.17) is 10.5 Å². The minimum atomic E-state index is -0.311. The number of hydrogen-bond acceptors (Lipinski definition) is 4. The van der Waals surface area contributed by atoms with Gasteiger partial charge in [-0.05, 0) is 25.3 Å². The van der Waals surface area contributed by atoms with Gasteiger partial charge in [-0.25, -0.2) is 0 Å². The van der Waals surface area contributed by atoms with Gasteiger partial charge in [0.25, 0.3) is 0 Å². The van der Waals surface area contributed by atoms with Crippen LogP contribution in [0.2, 0.25) is 0 Å². The van der Waals surface area contributed by atoms with Crippen LogP contribution in [0, 0.1) is 11.3 Å². The van der Waals surface area contributed by atoms with Gasteiger partial charge in [-0.15, -0.1) is 0 Å². The number of esters is 1. The molecule has 1 aliphatic heterocycles. The Morgan fingerprint density at radius 1 is 1.69 bits per heavy atom. The lowest BCUT2D eigenvalue weighted by Crippen LogP contribution is -2.37. The maximum absolute atomic E-state index is 11.6. The number of rotatable bonds is 1. The molecular formula is C9H16N2O2. The van der Waals surface area contributed by atoms with Crippen LogP contribution in [0.1, 0.15) is 12.8 Å². The molecule has 1 saturated carbocycles. The maximum Gasteiger partial charge on any atom is 0.313 e. The molecule has 4 nitrogen and oxygen atoms in total. The summed E-state index contributed by atoms with van der Waals surface area (Å²) in [6.45, 7) is 1.64. The van der Waals surface area contributed by atoms with Gasteiger partial charge < -0.3 is 15.8 Å². The smallest absolute Gasteiger partial charge is 0.313 e. The first-order valence-corrected chi connectivity index (χ1v) is 4.74. The molecule has 0 aromatic carbocycles. The minimum absolute atomic E-state index is 0.0875.